The van der Waals surface area contributed by atoms with Crippen molar-refractivity contribution in [2.75, 3.05) is 6.61 Å². The molecule has 2 unspecified atom stereocenters. The summed E-state index contributed by atoms with van der Waals surface area (Å²) >= 11 is 0. The second-order valence-corrected chi connectivity index (χ2v) is 4.63. The molecule has 3 nitrogen and oxygen atoms in total. The number of aliphatic hydroxyl groups is 2. The van der Waals surface area contributed by atoms with E-state index >= 15 is 0 Å². The highest BCUT2D eigenvalue weighted by Crippen LogP contribution is 2.30. The third-order valence-corrected chi connectivity index (χ3v) is 3.11. The fourth-order valence-corrected chi connectivity index (χ4v) is 2.25. The van der Waals surface area contributed by atoms with Crippen LogP contribution >= 0.6 is 0 Å². The Labute approximate surface area is 90.4 Å². The molecule has 2 atom stereocenters. The molecule has 0 aromatic carbocycles. The van der Waals surface area contributed by atoms with Crippen LogP contribution < -0.4 is 0 Å². The minimum absolute atomic E-state index is 0.214. The molecule has 0 fully saturated rings. The van der Waals surface area contributed by atoms with Gasteiger partial charge in [0.2, 0.25) is 0 Å². The Hall–Kier alpha value is -0.800. The molecule has 0 amide bonds. The van der Waals surface area contributed by atoms with Gasteiger partial charge in [-0.2, -0.15) is 0 Å². The van der Waals surface area contributed by atoms with Gasteiger partial charge in [-0.05, 0) is 30.7 Å². The lowest BCUT2D eigenvalue weighted by Crippen LogP contribution is -2.09. The summed E-state index contributed by atoms with van der Waals surface area (Å²) < 4.78 is 2.10. The maximum atomic E-state index is 9.80. The summed E-state index contributed by atoms with van der Waals surface area (Å²) in [7, 11) is 0. The molecule has 1 aliphatic carbocycles. The summed E-state index contributed by atoms with van der Waals surface area (Å²) in [5.74, 6) is 0.274. The summed E-state index contributed by atoms with van der Waals surface area (Å²) in [6.45, 7) is 3.07. The van der Waals surface area contributed by atoms with Crippen molar-refractivity contribution in [3.63, 3.8) is 0 Å². The average Bonchev–Trinajstić information content (AvgIpc) is 2.62. The molecule has 15 heavy (non-hydrogen) atoms. The predicted molar refractivity (Wildman–Crippen MR) is 58.6 cm³/mol. The van der Waals surface area contributed by atoms with E-state index in [0.29, 0.717) is 0 Å². The molecular weight excluding hydrogens is 190 g/mol. The Morgan fingerprint density at radius 2 is 2.33 bits per heavy atom. The molecule has 0 spiro atoms. The summed E-state index contributed by atoms with van der Waals surface area (Å²) in [5, 5.41) is 18.8. The van der Waals surface area contributed by atoms with Crippen molar-refractivity contribution in [2.45, 2.75) is 38.8 Å². The van der Waals surface area contributed by atoms with Crippen LogP contribution in [0.1, 0.15) is 37.0 Å². The SMILES string of the molecule is CC(CO)Cn1cc2c(c1)C(O)CCC2. The van der Waals surface area contributed by atoms with Crippen LogP contribution in [0.25, 0.3) is 0 Å². The number of rotatable bonds is 3. The smallest absolute Gasteiger partial charge is 0.0807 e. The van der Waals surface area contributed by atoms with Gasteiger partial charge in [0.05, 0.1) is 6.10 Å². The van der Waals surface area contributed by atoms with Gasteiger partial charge in [0, 0.05) is 31.1 Å². The zero-order chi connectivity index (χ0) is 10.8. The van der Waals surface area contributed by atoms with Gasteiger partial charge >= 0.3 is 0 Å². The van der Waals surface area contributed by atoms with E-state index in [9.17, 15) is 5.11 Å². The molecule has 2 N–H and O–H groups in total. The van der Waals surface area contributed by atoms with Crippen molar-refractivity contribution < 1.29 is 10.2 Å². The highest BCUT2D eigenvalue weighted by atomic mass is 16.3. The van der Waals surface area contributed by atoms with Crippen molar-refractivity contribution >= 4 is 0 Å². The van der Waals surface area contributed by atoms with Crippen molar-refractivity contribution in [2.24, 2.45) is 5.92 Å². The number of hydrogen-bond donors (Lipinski definition) is 2. The number of aliphatic hydroxyl groups excluding tert-OH is 2. The molecule has 0 bridgehead atoms. The molecular formula is C12H19NO2. The average molecular weight is 209 g/mol. The Morgan fingerprint density at radius 3 is 3.00 bits per heavy atom. The van der Waals surface area contributed by atoms with E-state index in [4.69, 9.17) is 5.11 Å². The van der Waals surface area contributed by atoms with E-state index < -0.39 is 0 Å². The molecule has 2 rings (SSSR count). The molecule has 0 saturated carbocycles. The third kappa shape index (κ3) is 2.24. The van der Waals surface area contributed by atoms with Crippen LogP contribution in [-0.4, -0.2) is 21.4 Å². The zero-order valence-corrected chi connectivity index (χ0v) is 9.19. The van der Waals surface area contributed by atoms with Crippen molar-refractivity contribution in [3.8, 4) is 0 Å². The van der Waals surface area contributed by atoms with Crippen molar-refractivity contribution in [1.29, 1.82) is 0 Å². The maximum Gasteiger partial charge on any atom is 0.0807 e. The van der Waals surface area contributed by atoms with Gasteiger partial charge in [0.25, 0.3) is 0 Å². The standard InChI is InChI=1S/C12H19NO2/c1-9(8-14)5-13-6-10-3-2-4-12(15)11(10)7-13/h6-7,9,12,14-15H,2-5,8H2,1H3. The molecule has 1 aliphatic rings. The van der Waals surface area contributed by atoms with Crippen LogP contribution in [0.3, 0.4) is 0 Å². The minimum Gasteiger partial charge on any atom is -0.396 e. The molecule has 1 aromatic rings. The van der Waals surface area contributed by atoms with E-state index in [0.717, 1.165) is 31.4 Å². The van der Waals surface area contributed by atoms with E-state index in [1.54, 1.807) is 0 Å². The van der Waals surface area contributed by atoms with Gasteiger partial charge in [0.15, 0.2) is 0 Å². The van der Waals surface area contributed by atoms with Crippen LogP contribution in [0.2, 0.25) is 0 Å². The van der Waals surface area contributed by atoms with Gasteiger partial charge in [-0.3, -0.25) is 0 Å². The number of aromatic nitrogens is 1. The van der Waals surface area contributed by atoms with Crippen molar-refractivity contribution in [1.82, 2.24) is 4.57 Å². The van der Waals surface area contributed by atoms with E-state index in [2.05, 4.69) is 10.8 Å². The van der Waals surface area contributed by atoms with Crippen LogP contribution in [0.15, 0.2) is 12.4 Å². The molecule has 1 heterocycles. The number of hydrogen-bond acceptors (Lipinski definition) is 2. The van der Waals surface area contributed by atoms with E-state index in [1.807, 2.05) is 13.1 Å². The zero-order valence-electron chi connectivity index (χ0n) is 9.19. The molecule has 1 aromatic heterocycles. The quantitative estimate of drug-likeness (QED) is 0.792. The topological polar surface area (TPSA) is 45.4 Å². The molecule has 84 valence electrons. The van der Waals surface area contributed by atoms with Crippen molar-refractivity contribution in [3.05, 3.63) is 23.5 Å². The van der Waals surface area contributed by atoms with Gasteiger partial charge in [-0.15, -0.1) is 0 Å². The first-order chi connectivity index (χ1) is 7.20. The fourth-order valence-electron chi connectivity index (χ4n) is 2.25. The first kappa shape index (κ1) is 10.7. The first-order valence-corrected chi connectivity index (χ1v) is 5.68. The second-order valence-electron chi connectivity index (χ2n) is 4.63. The van der Waals surface area contributed by atoms with Crippen LogP contribution in [0, 0.1) is 5.92 Å². The minimum atomic E-state index is -0.278. The highest BCUT2D eigenvalue weighted by molar-refractivity contribution is 5.28. The van der Waals surface area contributed by atoms with Gasteiger partial charge in [0.1, 0.15) is 0 Å². The Morgan fingerprint density at radius 1 is 1.53 bits per heavy atom. The Balaban J connectivity index is 2.14. The van der Waals surface area contributed by atoms with E-state index in [1.165, 1.54) is 5.56 Å². The Bertz CT molecular complexity index is 332. The number of aryl methyl sites for hydroxylation is 1. The lowest BCUT2D eigenvalue weighted by molar-refractivity contribution is 0.157. The van der Waals surface area contributed by atoms with Gasteiger partial charge < -0.3 is 14.8 Å². The van der Waals surface area contributed by atoms with Crippen LogP contribution in [0.5, 0.6) is 0 Å². The predicted octanol–water partition coefficient (Wildman–Crippen LogP) is 1.49. The fraction of sp³-hybridized carbons (Fsp3) is 0.667. The monoisotopic (exact) mass is 209 g/mol. The summed E-state index contributed by atoms with van der Waals surface area (Å²) in [6.07, 6.45) is 6.90. The molecule has 0 radical (unpaired) electrons. The number of fused-ring (bicyclic) bond motifs is 1. The highest BCUT2D eigenvalue weighted by Gasteiger charge is 2.19. The van der Waals surface area contributed by atoms with E-state index in [-0.39, 0.29) is 18.6 Å². The third-order valence-electron chi connectivity index (χ3n) is 3.11. The lowest BCUT2D eigenvalue weighted by atomic mass is 9.93. The number of nitrogens with zero attached hydrogens (tertiary/aromatic N) is 1. The molecule has 3 heteroatoms. The maximum absolute atomic E-state index is 9.80. The summed E-state index contributed by atoms with van der Waals surface area (Å²) in [5.41, 5.74) is 2.37. The molecule has 0 aliphatic heterocycles. The molecule has 0 saturated heterocycles. The summed E-state index contributed by atoms with van der Waals surface area (Å²) in [6, 6.07) is 0. The lowest BCUT2D eigenvalue weighted by Gasteiger charge is -2.16. The largest absolute Gasteiger partial charge is 0.396 e. The van der Waals surface area contributed by atoms with Crippen LogP contribution in [-0.2, 0) is 13.0 Å². The van der Waals surface area contributed by atoms with Gasteiger partial charge in [-0.25, -0.2) is 0 Å². The normalized spacial score (nSPS) is 22.5. The summed E-state index contributed by atoms with van der Waals surface area (Å²) in [4.78, 5) is 0. The first-order valence-electron chi connectivity index (χ1n) is 5.68. The van der Waals surface area contributed by atoms with Gasteiger partial charge in [-0.1, -0.05) is 6.92 Å². The Kier molecular flexibility index (Phi) is 3.12. The van der Waals surface area contributed by atoms with Crippen LogP contribution in [0.4, 0.5) is 0 Å². The second kappa shape index (κ2) is 4.37.